The molecule has 2 aliphatic rings. The Morgan fingerprint density at radius 1 is 1.24 bits per heavy atom. The largest absolute Gasteiger partial charge is 0.418 e. The van der Waals surface area contributed by atoms with Crippen LogP contribution in [0.15, 0.2) is 30.3 Å². The monoisotopic (exact) mass is 477 g/mol. The zero-order chi connectivity index (χ0) is 24.7. The minimum absolute atomic E-state index is 0.00409. The summed E-state index contributed by atoms with van der Waals surface area (Å²) in [6.07, 6.45) is -0.931. The van der Waals surface area contributed by atoms with Crippen LogP contribution >= 0.6 is 0 Å². The zero-order valence-electron chi connectivity index (χ0n) is 18.9. The Hall–Kier alpha value is -3.37. The SMILES string of the molecule is CCC1CCC2(CC1)NC(=O)N(CC(=O)Nc1cc(C)nn1-c1ccccc1C(F)(F)F)C2=O. The van der Waals surface area contributed by atoms with Gasteiger partial charge in [-0.3, -0.25) is 14.5 Å². The summed E-state index contributed by atoms with van der Waals surface area (Å²) >= 11 is 0. The Bertz CT molecular complexity index is 1120. The third kappa shape index (κ3) is 4.38. The van der Waals surface area contributed by atoms with Crippen LogP contribution in [-0.4, -0.2) is 44.6 Å². The van der Waals surface area contributed by atoms with Crippen molar-refractivity contribution in [2.75, 3.05) is 11.9 Å². The second kappa shape index (κ2) is 8.77. The molecule has 2 aromatic rings. The highest BCUT2D eigenvalue weighted by atomic mass is 19.4. The molecule has 1 aliphatic heterocycles. The number of aromatic nitrogens is 2. The Labute approximate surface area is 194 Å². The van der Waals surface area contributed by atoms with E-state index in [0.29, 0.717) is 24.5 Å². The number of urea groups is 1. The lowest BCUT2D eigenvalue weighted by Gasteiger charge is -2.34. The molecule has 0 radical (unpaired) electrons. The predicted molar refractivity (Wildman–Crippen MR) is 117 cm³/mol. The topological polar surface area (TPSA) is 96.3 Å². The highest BCUT2D eigenvalue weighted by Crippen LogP contribution is 2.38. The number of aryl methyl sites for hydroxylation is 1. The van der Waals surface area contributed by atoms with Crippen molar-refractivity contribution in [3.63, 3.8) is 0 Å². The molecule has 4 amide bonds. The molecule has 8 nitrogen and oxygen atoms in total. The molecule has 0 unspecified atom stereocenters. The summed E-state index contributed by atoms with van der Waals surface area (Å²) in [7, 11) is 0. The molecule has 1 aromatic heterocycles. The maximum atomic E-state index is 13.5. The van der Waals surface area contributed by atoms with Crippen LogP contribution in [0.2, 0.25) is 0 Å². The van der Waals surface area contributed by atoms with E-state index < -0.39 is 41.7 Å². The van der Waals surface area contributed by atoms with Gasteiger partial charge in [0.15, 0.2) is 0 Å². The minimum atomic E-state index is -4.62. The average molecular weight is 477 g/mol. The minimum Gasteiger partial charge on any atom is -0.323 e. The zero-order valence-corrected chi connectivity index (χ0v) is 18.9. The number of anilines is 1. The number of benzene rings is 1. The van der Waals surface area contributed by atoms with E-state index in [1.165, 1.54) is 24.3 Å². The van der Waals surface area contributed by atoms with Crippen LogP contribution in [-0.2, 0) is 15.8 Å². The molecule has 2 fully saturated rings. The second-order valence-electron chi connectivity index (χ2n) is 8.90. The third-order valence-corrected chi connectivity index (χ3v) is 6.62. The van der Waals surface area contributed by atoms with Gasteiger partial charge in [-0.15, -0.1) is 0 Å². The quantitative estimate of drug-likeness (QED) is 0.636. The number of hydrogen-bond donors (Lipinski definition) is 2. The lowest BCUT2D eigenvalue weighted by molar-refractivity contribution is -0.137. The van der Waals surface area contributed by atoms with Gasteiger partial charge in [-0.25, -0.2) is 9.48 Å². The van der Waals surface area contributed by atoms with Crippen molar-refractivity contribution >= 4 is 23.7 Å². The van der Waals surface area contributed by atoms with Gasteiger partial charge in [0, 0.05) is 6.07 Å². The number of carbonyl (C=O) groups excluding carboxylic acids is 3. The molecule has 1 spiro atoms. The van der Waals surface area contributed by atoms with Crippen LogP contribution in [0.4, 0.5) is 23.8 Å². The Morgan fingerprint density at radius 2 is 1.91 bits per heavy atom. The van der Waals surface area contributed by atoms with E-state index in [0.717, 1.165) is 34.9 Å². The van der Waals surface area contributed by atoms with E-state index in [4.69, 9.17) is 0 Å². The van der Waals surface area contributed by atoms with Crippen molar-refractivity contribution in [1.29, 1.82) is 0 Å². The highest BCUT2D eigenvalue weighted by molar-refractivity contribution is 6.10. The van der Waals surface area contributed by atoms with Gasteiger partial charge >= 0.3 is 12.2 Å². The van der Waals surface area contributed by atoms with E-state index >= 15 is 0 Å². The number of amides is 4. The summed E-state index contributed by atoms with van der Waals surface area (Å²) in [5.41, 5.74) is -1.76. The molecule has 0 bridgehead atoms. The molecule has 2 N–H and O–H groups in total. The van der Waals surface area contributed by atoms with Crippen molar-refractivity contribution < 1.29 is 27.6 Å². The number of carbonyl (C=O) groups is 3. The summed E-state index contributed by atoms with van der Waals surface area (Å²) in [5, 5.41) is 9.36. The van der Waals surface area contributed by atoms with Gasteiger partial charge in [-0.2, -0.15) is 18.3 Å². The molecular formula is C23H26F3N5O3. The number of nitrogens with zero attached hydrogens (tertiary/aromatic N) is 3. The van der Waals surface area contributed by atoms with Crippen molar-refractivity contribution in [2.45, 2.75) is 57.7 Å². The fourth-order valence-corrected chi connectivity index (χ4v) is 4.73. The Kier molecular flexibility index (Phi) is 6.13. The summed E-state index contributed by atoms with van der Waals surface area (Å²) in [5.74, 6) is -0.636. The number of rotatable bonds is 5. The fraction of sp³-hybridized carbons (Fsp3) is 0.478. The molecule has 1 saturated heterocycles. The van der Waals surface area contributed by atoms with Crippen LogP contribution < -0.4 is 10.6 Å². The summed E-state index contributed by atoms with van der Waals surface area (Å²) in [6.45, 7) is 3.12. The van der Waals surface area contributed by atoms with Gasteiger partial charge in [-0.05, 0) is 50.7 Å². The van der Waals surface area contributed by atoms with E-state index in [1.807, 2.05) is 0 Å². The molecule has 1 aromatic carbocycles. The lowest BCUT2D eigenvalue weighted by atomic mass is 9.75. The standard InChI is InChI=1S/C23H26F3N5O3/c1-3-15-8-10-22(11-9-15)20(33)30(21(34)28-22)13-19(32)27-18-12-14(2)29-31(18)17-7-5-4-6-16(17)23(24,25)26/h4-7,12,15H,3,8-11,13H2,1-2H3,(H,27,32)(H,28,34). The van der Waals surface area contributed by atoms with Crippen LogP contribution in [0.5, 0.6) is 0 Å². The highest BCUT2D eigenvalue weighted by Gasteiger charge is 2.52. The van der Waals surface area contributed by atoms with Crippen molar-refractivity contribution in [2.24, 2.45) is 5.92 Å². The summed E-state index contributed by atoms with van der Waals surface area (Å²) in [4.78, 5) is 39.2. The number of halogens is 3. The second-order valence-corrected chi connectivity index (χ2v) is 8.90. The number of alkyl halides is 3. The normalized spacial score (nSPS) is 22.9. The number of para-hydroxylation sites is 1. The van der Waals surface area contributed by atoms with Gasteiger partial charge in [0.1, 0.15) is 17.9 Å². The summed E-state index contributed by atoms with van der Waals surface area (Å²) in [6, 6.07) is 5.67. The first-order valence-corrected chi connectivity index (χ1v) is 11.2. The molecule has 2 heterocycles. The van der Waals surface area contributed by atoms with Crippen LogP contribution in [0.1, 0.15) is 50.3 Å². The molecule has 1 aliphatic carbocycles. The molecule has 182 valence electrons. The van der Waals surface area contributed by atoms with Gasteiger partial charge in [-0.1, -0.05) is 25.5 Å². The third-order valence-electron chi connectivity index (χ3n) is 6.62. The first kappa shape index (κ1) is 23.8. The van der Waals surface area contributed by atoms with Crippen LogP contribution in [0, 0.1) is 12.8 Å². The Balaban J connectivity index is 1.51. The van der Waals surface area contributed by atoms with E-state index in [9.17, 15) is 27.6 Å². The molecule has 34 heavy (non-hydrogen) atoms. The fourth-order valence-electron chi connectivity index (χ4n) is 4.73. The van der Waals surface area contributed by atoms with Crippen molar-refractivity contribution in [3.05, 3.63) is 41.6 Å². The molecule has 0 atom stereocenters. The van der Waals surface area contributed by atoms with Gasteiger partial charge in [0.05, 0.1) is 16.9 Å². The predicted octanol–water partition coefficient (Wildman–Crippen LogP) is 4.03. The van der Waals surface area contributed by atoms with E-state index in [2.05, 4.69) is 22.7 Å². The number of imide groups is 1. The summed E-state index contributed by atoms with van der Waals surface area (Å²) < 4.78 is 41.5. The van der Waals surface area contributed by atoms with Gasteiger partial charge in [0.2, 0.25) is 5.91 Å². The van der Waals surface area contributed by atoms with Crippen LogP contribution in [0.25, 0.3) is 5.69 Å². The van der Waals surface area contributed by atoms with Crippen molar-refractivity contribution in [3.8, 4) is 5.69 Å². The van der Waals surface area contributed by atoms with E-state index in [1.54, 1.807) is 6.92 Å². The maximum Gasteiger partial charge on any atom is 0.418 e. The first-order chi connectivity index (χ1) is 16.0. The molecule has 11 heteroatoms. The maximum absolute atomic E-state index is 13.5. The van der Waals surface area contributed by atoms with Gasteiger partial charge in [0.25, 0.3) is 5.91 Å². The van der Waals surface area contributed by atoms with Gasteiger partial charge < -0.3 is 10.6 Å². The lowest BCUT2D eigenvalue weighted by Crippen LogP contribution is -2.49. The molecule has 4 rings (SSSR count). The average Bonchev–Trinajstić information content (AvgIpc) is 3.25. The van der Waals surface area contributed by atoms with E-state index in [-0.39, 0.29) is 11.5 Å². The van der Waals surface area contributed by atoms with Crippen molar-refractivity contribution in [1.82, 2.24) is 20.0 Å². The Morgan fingerprint density at radius 3 is 2.56 bits per heavy atom. The van der Waals surface area contributed by atoms with Crippen LogP contribution in [0.3, 0.4) is 0 Å². The smallest absolute Gasteiger partial charge is 0.323 e. The number of nitrogens with one attached hydrogen (secondary N) is 2. The molecular weight excluding hydrogens is 451 g/mol. The number of hydrogen-bond acceptors (Lipinski definition) is 4. The molecule has 1 saturated carbocycles. The first-order valence-electron chi connectivity index (χ1n) is 11.2.